The number of hydrogen-bond acceptors (Lipinski definition) is 3. The Bertz CT molecular complexity index is 147. The minimum Gasteiger partial charge on any atom is -0.392 e. The van der Waals surface area contributed by atoms with E-state index in [1.807, 2.05) is 0 Å². The lowest BCUT2D eigenvalue weighted by molar-refractivity contribution is 0.0963. The highest BCUT2D eigenvalue weighted by molar-refractivity contribution is 4.70. The largest absolute Gasteiger partial charge is 0.392 e. The van der Waals surface area contributed by atoms with Crippen LogP contribution in [0.2, 0.25) is 0 Å². The summed E-state index contributed by atoms with van der Waals surface area (Å²) in [5.41, 5.74) is 0. The maximum absolute atomic E-state index is 9.84. The maximum Gasteiger partial charge on any atom is 0.0667 e. The van der Waals surface area contributed by atoms with Crippen molar-refractivity contribution in [3.63, 3.8) is 0 Å². The summed E-state index contributed by atoms with van der Waals surface area (Å²) in [5.74, 6) is 0. The molecule has 1 aliphatic rings. The number of rotatable bonds is 7. The molecule has 1 saturated heterocycles. The normalized spacial score (nSPS) is 20.4. The maximum atomic E-state index is 9.84. The molecule has 0 radical (unpaired) electrons. The summed E-state index contributed by atoms with van der Waals surface area (Å²) in [6.07, 6.45) is 5.90. The third-order valence-corrected chi connectivity index (χ3v) is 3.07. The highest BCUT2D eigenvalue weighted by atomic mass is 16.3. The lowest BCUT2D eigenvalue weighted by Crippen LogP contribution is -2.46. The third kappa shape index (κ3) is 6.13. The van der Waals surface area contributed by atoms with E-state index in [-0.39, 0.29) is 6.10 Å². The fraction of sp³-hybridized carbons (Fsp3) is 1.00. The molecule has 0 saturated carbocycles. The van der Waals surface area contributed by atoms with Crippen molar-refractivity contribution in [2.75, 3.05) is 32.7 Å². The zero-order valence-electron chi connectivity index (χ0n) is 10.0. The molecule has 0 aromatic heterocycles. The Morgan fingerprint density at radius 2 is 1.93 bits per heavy atom. The summed E-state index contributed by atoms with van der Waals surface area (Å²) in [6.45, 7) is 7.41. The average molecular weight is 214 g/mol. The van der Waals surface area contributed by atoms with E-state index in [1.165, 1.54) is 25.7 Å². The zero-order valence-corrected chi connectivity index (χ0v) is 10.0. The molecule has 1 rings (SSSR count). The molecule has 0 amide bonds. The van der Waals surface area contributed by atoms with E-state index in [9.17, 15) is 5.11 Å². The van der Waals surface area contributed by atoms with Gasteiger partial charge in [0.15, 0.2) is 0 Å². The molecule has 0 aromatic carbocycles. The van der Waals surface area contributed by atoms with Gasteiger partial charge in [-0.05, 0) is 6.42 Å². The predicted octanol–water partition coefficient (Wildman–Crippen LogP) is 1.22. The Morgan fingerprint density at radius 1 is 1.20 bits per heavy atom. The van der Waals surface area contributed by atoms with Gasteiger partial charge in [0.05, 0.1) is 6.10 Å². The first-order valence-corrected chi connectivity index (χ1v) is 6.44. The molecule has 0 aromatic rings. The molecule has 1 fully saturated rings. The molecule has 3 heteroatoms. The number of unbranched alkanes of at least 4 members (excludes halogenated alkanes) is 3. The second kappa shape index (κ2) is 8.08. The highest BCUT2D eigenvalue weighted by Gasteiger charge is 2.13. The highest BCUT2D eigenvalue weighted by Crippen LogP contribution is 2.07. The molecule has 1 unspecified atom stereocenters. The molecule has 1 heterocycles. The molecule has 0 spiro atoms. The van der Waals surface area contributed by atoms with Crippen LogP contribution in [0.1, 0.15) is 39.0 Å². The van der Waals surface area contributed by atoms with E-state index >= 15 is 0 Å². The number of aliphatic hydroxyl groups is 1. The summed E-state index contributed by atoms with van der Waals surface area (Å²) in [5, 5.41) is 13.2. The van der Waals surface area contributed by atoms with Crippen molar-refractivity contribution >= 4 is 0 Å². The van der Waals surface area contributed by atoms with E-state index in [4.69, 9.17) is 0 Å². The van der Waals surface area contributed by atoms with Crippen molar-refractivity contribution in [3.8, 4) is 0 Å². The smallest absolute Gasteiger partial charge is 0.0667 e. The van der Waals surface area contributed by atoms with Gasteiger partial charge in [-0.3, -0.25) is 4.90 Å². The summed E-state index contributed by atoms with van der Waals surface area (Å²) in [7, 11) is 0. The van der Waals surface area contributed by atoms with Crippen LogP contribution in [0.4, 0.5) is 0 Å². The summed E-state index contributed by atoms with van der Waals surface area (Å²) in [6, 6.07) is 0. The van der Waals surface area contributed by atoms with Gasteiger partial charge in [0, 0.05) is 32.7 Å². The van der Waals surface area contributed by atoms with E-state index in [2.05, 4.69) is 17.1 Å². The Balaban J connectivity index is 1.98. The Hall–Kier alpha value is -0.120. The van der Waals surface area contributed by atoms with Gasteiger partial charge < -0.3 is 10.4 Å². The van der Waals surface area contributed by atoms with Gasteiger partial charge in [0.1, 0.15) is 0 Å². The Kier molecular flexibility index (Phi) is 6.98. The zero-order chi connectivity index (χ0) is 10.9. The number of nitrogens with zero attached hydrogens (tertiary/aromatic N) is 1. The van der Waals surface area contributed by atoms with Crippen molar-refractivity contribution < 1.29 is 5.11 Å². The molecule has 3 nitrogen and oxygen atoms in total. The number of aliphatic hydroxyl groups excluding tert-OH is 1. The van der Waals surface area contributed by atoms with Crippen molar-refractivity contribution in [1.82, 2.24) is 10.2 Å². The van der Waals surface area contributed by atoms with Gasteiger partial charge in [-0.1, -0.05) is 32.6 Å². The number of β-amino-alcohol motifs (C(OH)–C–C–N with tert-alkyl or cyclic N) is 1. The van der Waals surface area contributed by atoms with Crippen LogP contribution in [0.5, 0.6) is 0 Å². The molecule has 90 valence electrons. The van der Waals surface area contributed by atoms with Gasteiger partial charge >= 0.3 is 0 Å². The molecule has 1 atom stereocenters. The van der Waals surface area contributed by atoms with Crippen LogP contribution >= 0.6 is 0 Å². The van der Waals surface area contributed by atoms with Crippen LogP contribution in [-0.2, 0) is 0 Å². The van der Waals surface area contributed by atoms with Gasteiger partial charge in [0.25, 0.3) is 0 Å². The summed E-state index contributed by atoms with van der Waals surface area (Å²) < 4.78 is 0. The van der Waals surface area contributed by atoms with Crippen LogP contribution in [-0.4, -0.2) is 48.8 Å². The van der Waals surface area contributed by atoms with Gasteiger partial charge in [-0.2, -0.15) is 0 Å². The van der Waals surface area contributed by atoms with Crippen LogP contribution in [0.3, 0.4) is 0 Å². The fourth-order valence-corrected chi connectivity index (χ4v) is 2.09. The van der Waals surface area contributed by atoms with Gasteiger partial charge in [-0.15, -0.1) is 0 Å². The first kappa shape index (κ1) is 12.9. The quantitative estimate of drug-likeness (QED) is 0.626. The summed E-state index contributed by atoms with van der Waals surface area (Å²) >= 11 is 0. The van der Waals surface area contributed by atoms with Gasteiger partial charge in [0.2, 0.25) is 0 Å². The van der Waals surface area contributed by atoms with Crippen molar-refractivity contribution in [2.45, 2.75) is 45.1 Å². The fourth-order valence-electron chi connectivity index (χ4n) is 2.09. The topological polar surface area (TPSA) is 35.5 Å². The number of hydrogen-bond donors (Lipinski definition) is 2. The van der Waals surface area contributed by atoms with E-state index < -0.39 is 0 Å². The molecule has 0 bridgehead atoms. The molecule has 0 aliphatic carbocycles. The third-order valence-electron chi connectivity index (χ3n) is 3.07. The Labute approximate surface area is 93.9 Å². The number of nitrogens with one attached hydrogen (secondary N) is 1. The lowest BCUT2D eigenvalue weighted by atomic mass is 10.1. The monoisotopic (exact) mass is 214 g/mol. The Morgan fingerprint density at radius 3 is 2.60 bits per heavy atom. The molecule has 2 N–H and O–H groups in total. The number of piperazine rings is 1. The first-order chi connectivity index (χ1) is 7.33. The van der Waals surface area contributed by atoms with E-state index in [1.54, 1.807) is 0 Å². The first-order valence-electron chi connectivity index (χ1n) is 6.44. The van der Waals surface area contributed by atoms with E-state index in [0.29, 0.717) is 0 Å². The molecular weight excluding hydrogens is 188 g/mol. The van der Waals surface area contributed by atoms with Crippen LogP contribution < -0.4 is 5.32 Å². The molecule has 1 aliphatic heterocycles. The van der Waals surface area contributed by atoms with Crippen LogP contribution in [0.25, 0.3) is 0 Å². The van der Waals surface area contributed by atoms with Crippen LogP contribution in [0.15, 0.2) is 0 Å². The van der Waals surface area contributed by atoms with Crippen LogP contribution in [0, 0.1) is 0 Å². The SMILES string of the molecule is CCCCCCC(O)CN1CCNCC1. The second-order valence-corrected chi connectivity index (χ2v) is 4.55. The average Bonchev–Trinajstić information content (AvgIpc) is 2.26. The van der Waals surface area contributed by atoms with E-state index in [0.717, 1.165) is 39.1 Å². The second-order valence-electron chi connectivity index (χ2n) is 4.55. The lowest BCUT2D eigenvalue weighted by Gasteiger charge is -2.29. The minimum absolute atomic E-state index is 0.111. The molecule has 15 heavy (non-hydrogen) atoms. The minimum atomic E-state index is -0.111. The molecular formula is C12H26N2O. The standard InChI is InChI=1S/C12H26N2O/c1-2-3-4-5-6-12(15)11-14-9-7-13-8-10-14/h12-13,15H,2-11H2,1H3. The van der Waals surface area contributed by atoms with Gasteiger partial charge in [-0.25, -0.2) is 0 Å². The van der Waals surface area contributed by atoms with Crippen molar-refractivity contribution in [3.05, 3.63) is 0 Å². The predicted molar refractivity (Wildman–Crippen MR) is 64.1 cm³/mol. The van der Waals surface area contributed by atoms with Crippen molar-refractivity contribution in [2.24, 2.45) is 0 Å². The van der Waals surface area contributed by atoms with Crippen molar-refractivity contribution in [1.29, 1.82) is 0 Å². The summed E-state index contributed by atoms with van der Waals surface area (Å²) in [4.78, 5) is 2.36.